The zero-order valence-corrected chi connectivity index (χ0v) is 10.8. The molecule has 0 aromatic carbocycles. The van der Waals surface area contributed by atoms with Gasteiger partial charge in [-0.2, -0.15) is 0 Å². The molecule has 0 saturated heterocycles. The zero-order valence-electron chi connectivity index (χ0n) is 9.92. The van der Waals surface area contributed by atoms with Crippen molar-refractivity contribution in [3.63, 3.8) is 0 Å². The number of carboxylic acids is 1. The highest BCUT2D eigenvalue weighted by Gasteiger charge is 2.27. The molecule has 14 heavy (non-hydrogen) atoms. The first-order valence-corrected chi connectivity index (χ1v) is 4.75. The summed E-state index contributed by atoms with van der Waals surface area (Å²) in [4.78, 5) is 9.56. The molecular weight excluding hydrogens is 198 g/mol. The number of carbonyl (C=O) groups excluding carboxylic acids is 1. The van der Waals surface area contributed by atoms with E-state index in [2.05, 4.69) is 54.2 Å². The predicted octanol–water partition coefficient (Wildman–Crippen LogP) is 0.671. The summed E-state index contributed by atoms with van der Waals surface area (Å²) in [6.45, 7) is 8.69. The Labute approximate surface area is 92.4 Å². The maximum Gasteiger partial charge on any atom is 0.136 e. The Morgan fingerprint density at radius 1 is 1.36 bits per heavy atom. The van der Waals surface area contributed by atoms with Crippen molar-refractivity contribution in [2.24, 2.45) is 0 Å². The number of rotatable bonds is 2. The molecule has 0 aromatic heterocycles. The van der Waals surface area contributed by atoms with Crippen molar-refractivity contribution in [3.05, 3.63) is 12.2 Å². The van der Waals surface area contributed by atoms with E-state index in [4.69, 9.17) is 0 Å². The fraction of sp³-hybridized carbons (Fsp3) is 0.700. The van der Waals surface area contributed by atoms with Crippen LogP contribution in [-0.4, -0.2) is 36.5 Å². The first-order valence-electron chi connectivity index (χ1n) is 4.30. The van der Waals surface area contributed by atoms with Crippen LogP contribution < -0.4 is 5.11 Å². The smallest absolute Gasteiger partial charge is 0.136 e. The molecule has 0 aliphatic rings. The highest BCUT2D eigenvalue weighted by atomic mass is 32.1. The van der Waals surface area contributed by atoms with Crippen LogP contribution in [0.15, 0.2) is 12.2 Å². The minimum atomic E-state index is -1.19. The first kappa shape index (κ1) is 16.0. The highest BCUT2D eigenvalue weighted by molar-refractivity contribution is 7.81. The predicted molar refractivity (Wildman–Crippen MR) is 60.9 cm³/mol. The maximum absolute atomic E-state index is 9.49. The van der Waals surface area contributed by atoms with Crippen LogP contribution in [0, 0.1) is 0 Å². The van der Waals surface area contributed by atoms with E-state index in [1.54, 1.807) is 0 Å². The van der Waals surface area contributed by atoms with Gasteiger partial charge in [0.1, 0.15) is 4.87 Å². The van der Waals surface area contributed by atoms with Gasteiger partial charge < -0.3 is 14.4 Å². The van der Waals surface area contributed by atoms with Crippen molar-refractivity contribution >= 4 is 18.6 Å². The highest BCUT2D eigenvalue weighted by Crippen LogP contribution is 2.20. The minimum Gasteiger partial charge on any atom is -0.545 e. The summed E-state index contributed by atoms with van der Waals surface area (Å²) in [5.41, 5.74) is 0.0648. The summed E-state index contributed by atoms with van der Waals surface area (Å²) in [7, 11) is 6.40. The number of quaternary nitrogens is 1. The lowest BCUT2D eigenvalue weighted by molar-refractivity contribution is -0.901. The summed E-state index contributed by atoms with van der Waals surface area (Å²) in [6, 6.07) is 0. The molecule has 0 fully saturated rings. The van der Waals surface area contributed by atoms with E-state index in [-0.39, 0.29) is 10.4 Å². The number of hydrogen-bond donors (Lipinski definition) is 1. The van der Waals surface area contributed by atoms with Crippen molar-refractivity contribution in [1.82, 2.24) is 0 Å². The van der Waals surface area contributed by atoms with Gasteiger partial charge in [0.25, 0.3) is 0 Å². The molecule has 3 nitrogen and oxygen atoms in total. The minimum absolute atomic E-state index is 0.0648. The molecule has 0 atom stereocenters. The topological polar surface area (TPSA) is 40.1 Å². The van der Waals surface area contributed by atoms with Crippen molar-refractivity contribution in [2.75, 3.05) is 21.1 Å². The fourth-order valence-corrected chi connectivity index (χ4v) is 0. The Hall–Kier alpha value is -0.480. The monoisotopic (exact) mass is 219 g/mol. The second-order valence-corrected chi connectivity index (χ2v) is 5.67. The van der Waals surface area contributed by atoms with Crippen molar-refractivity contribution in [3.8, 4) is 0 Å². The van der Waals surface area contributed by atoms with E-state index in [9.17, 15) is 9.90 Å². The number of thiol groups is 1. The van der Waals surface area contributed by atoms with Crippen molar-refractivity contribution in [2.45, 2.75) is 25.6 Å². The molecule has 0 heterocycles. The standard InChI is InChI=1S/C6H15NS.C4H6O2/c1-6(2,8)7(3,4)5;1-3(2)4(5)6/h1-5H3;1H2,2H3,(H,5,6). The molecule has 4 heteroatoms. The molecule has 0 bridgehead atoms. The lowest BCUT2D eigenvalue weighted by Gasteiger charge is -2.37. The number of aliphatic carboxylic acids is 1. The van der Waals surface area contributed by atoms with Crippen LogP contribution in [0.25, 0.3) is 0 Å². The zero-order chi connectivity index (χ0) is 12.2. The van der Waals surface area contributed by atoms with Gasteiger partial charge in [-0.25, -0.2) is 0 Å². The third kappa shape index (κ3) is 8.13. The quantitative estimate of drug-likeness (QED) is 0.321. The number of carboxylic acid groups (broad SMARTS) is 1. The lowest BCUT2D eigenvalue weighted by Crippen LogP contribution is -2.48. The summed E-state index contributed by atoms with van der Waals surface area (Å²) < 4.78 is 0.885. The second kappa shape index (κ2) is 5.41. The van der Waals surface area contributed by atoms with E-state index >= 15 is 0 Å². The van der Waals surface area contributed by atoms with Gasteiger partial charge >= 0.3 is 0 Å². The molecule has 0 spiro atoms. The normalized spacial score (nSPS) is 11.4. The van der Waals surface area contributed by atoms with E-state index in [0.29, 0.717) is 0 Å². The van der Waals surface area contributed by atoms with E-state index in [1.165, 1.54) is 6.92 Å². The van der Waals surface area contributed by atoms with Crippen molar-refractivity contribution in [1.29, 1.82) is 0 Å². The van der Waals surface area contributed by atoms with Crippen LogP contribution in [0.3, 0.4) is 0 Å². The fourth-order valence-electron chi connectivity index (χ4n) is 0. The molecule has 0 aliphatic carbocycles. The first-order chi connectivity index (χ1) is 5.89. The molecule has 0 aromatic rings. The van der Waals surface area contributed by atoms with Gasteiger partial charge in [0.05, 0.1) is 27.1 Å². The van der Waals surface area contributed by atoms with Gasteiger partial charge in [0.2, 0.25) is 0 Å². The molecular formula is C10H21NO2S. The van der Waals surface area contributed by atoms with Gasteiger partial charge in [-0.1, -0.05) is 6.58 Å². The number of hydrogen-bond acceptors (Lipinski definition) is 3. The average molecular weight is 219 g/mol. The van der Waals surface area contributed by atoms with E-state index < -0.39 is 5.97 Å². The molecule has 0 radical (unpaired) electrons. The third-order valence-electron chi connectivity index (χ3n) is 1.99. The maximum atomic E-state index is 9.49. The van der Waals surface area contributed by atoms with Crippen molar-refractivity contribution < 1.29 is 14.4 Å². The lowest BCUT2D eigenvalue weighted by atomic mass is 10.3. The summed E-state index contributed by atoms with van der Waals surface area (Å²) in [6.07, 6.45) is 0. The second-order valence-electron chi connectivity index (χ2n) is 4.57. The van der Waals surface area contributed by atoms with Gasteiger partial charge in [-0.3, -0.25) is 0 Å². The Balaban J connectivity index is 0. The average Bonchev–Trinajstić information content (AvgIpc) is 1.83. The van der Waals surface area contributed by atoms with Gasteiger partial charge in [-0.05, 0) is 12.5 Å². The number of carbonyl (C=O) groups is 1. The van der Waals surface area contributed by atoms with Crippen LogP contribution in [0.5, 0.6) is 0 Å². The SMILES string of the molecule is C=C(C)C(=O)[O-].CC(C)(S)[N+](C)(C)C. The molecule has 0 aliphatic heterocycles. The largest absolute Gasteiger partial charge is 0.545 e. The molecule has 84 valence electrons. The Bertz CT molecular complexity index is 187. The third-order valence-corrected chi connectivity index (χ3v) is 2.59. The van der Waals surface area contributed by atoms with E-state index in [1.807, 2.05) is 0 Å². The Morgan fingerprint density at radius 2 is 1.50 bits per heavy atom. The van der Waals surface area contributed by atoms with Gasteiger partial charge in [0, 0.05) is 13.8 Å². The van der Waals surface area contributed by atoms with Crippen LogP contribution in [0.2, 0.25) is 0 Å². The van der Waals surface area contributed by atoms with Crippen LogP contribution >= 0.6 is 12.6 Å². The van der Waals surface area contributed by atoms with E-state index in [0.717, 1.165) is 4.48 Å². The van der Waals surface area contributed by atoms with Gasteiger partial charge in [-0.15, -0.1) is 12.6 Å². The molecule has 0 unspecified atom stereocenters. The summed E-state index contributed by atoms with van der Waals surface area (Å²) in [5, 5.41) is 9.49. The Morgan fingerprint density at radius 3 is 1.50 bits per heavy atom. The van der Waals surface area contributed by atoms with Crippen LogP contribution in [0.4, 0.5) is 0 Å². The Kier molecular flexibility index (Phi) is 6.17. The summed E-state index contributed by atoms with van der Waals surface area (Å²) in [5.74, 6) is -1.19. The summed E-state index contributed by atoms with van der Waals surface area (Å²) >= 11 is 4.41. The van der Waals surface area contributed by atoms with Crippen LogP contribution in [0.1, 0.15) is 20.8 Å². The molecule has 0 rings (SSSR count). The van der Waals surface area contributed by atoms with Crippen LogP contribution in [-0.2, 0) is 4.79 Å². The molecule has 0 saturated carbocycles. The van der Waals surface area contributed by atoms with Gasteiger partial charge in [0.15, 0.2) is 0 Å². The molecule has 0 amide bonds. The number of nitrogens with zero attached hydrogens (tertiary/aromatic N) is 1. The molecule has 0 N–H and O–H groups in total.